The molecule has 5 rings (SSSR count). The Bertz CT molecular complexity index is 1540. The van der Waals surface area contributed by atoms with Gasteiger partial charge in [-0.1, -0.05) is 67.8 Å². The van der Waals surface area contributed by atoms with Crippen molar-refractivity contribution < 1.29 is 32.9 Å². The van der Waals surface area contributed by atoms with Gasteiger partial charge < -0.3 is 19.7 Å². The van der Waals surface area contributed by atoms with Gasteiger partial charge in [-0.15, -0.1) is 0 Å². The third kappa shape index (κ3) is 7.91. The fourth-order valence-electron chi connectivity index (χ4n) is 5.82. The van der Waals surface area contributed by atoms with E-state index in [0.717, 1.165) is 19.3 Å². The zero-order valence-corrected chi connectivity index (χ0v) is 26.0. The van der Waals surface area contributed by atoms with Crippen molar-refractivity contribution in [3.63, 3.8) is 0 Å². The summed E-state index contributed by atoms with van der Waals surface area (Å²) in [5, 5.41) is 20.0. The van der Waals surface area contributed by atoms with Crippen LogP contribution in [0.25, 0.3) is 0 Å². The number of benzene rings is 3. The summed E-state index contributed by atoms with van der Waals surface area (Å²) in [7, 11) is -3.77. The third-order valence-electron chi connectivity index (χ3n) is 8.39. The fourth-order valence-corrected chi connectivity index (χ4v) is 7.21. The SMILES string of the molecule is O=C(NNCC1(O)CCCCC1)[C@@]1(CCS(=O)(=O)c2ccccc2)N=C(c2ccc(OCCCO)cc2)O[C@H]1c1ccccc1. The summed E-state index contributed by atoms with van der Waals surface area (Å²) in [6.07, 6.45) is 3.57. The van der Waals surface area contributed by atoms with Gasteiger partial charge in [-0.2, -0.15) is 0 Å². The summed E-state index contributed by atoms with van der Waals surface area (Å²) in [6, 6.07) is 24.3. The lowest BCUT2D eigenvalue weighted by atomic mass is 9.84. The molecular formula is C34H41N3O7S. The molecule has 1 saturated carbocycles. The molecule has 0 aromatic heterocycles. The number of amides is 1. The molecule has 0 radical (unpaired) electrons. The van der Waals surface area contributed by atoms with Crippen molar-refractivity contribution >= 4 is 21.6 Å². The van der Waals surface area contributed by atoms with Gasteiger partial charge in [0.2, 0.25) is 5.90 Å². The van der Waals surface area contributed by atoms with E-state index in [-0.39, 0.29) is 36.1 Å². The maximum absolute atomic E-state index is 14.3. The van der Waals surface area contributed by atoms with Crippen molar-refractivity contribution in [2.45, 2.75) is 67.1 Å². The highest BCUT2D eigenvalue weighted by Gasteiger charge is 2.53. The van der Waals surface area contributed by atoms with Crippen molar-refractivity contribution in [2.24, 2.45) is 4.99 Å². The highest BCUT2D eigenvalue weighted by molar-refractivity contribution is 7.91. The molecule has 1 fully saturated rings. The first-order chi connectivity index (χ1) is 21.7. The summed E-state index contributed by atoms with van der Waals surface area (Å²) in [6.45, 7) is 0.550. The molecule has 11 heteroatoms. The van der Waals surface area contributed by atoms with Gasteiger partial charge in [-0.05, 0) is 54.8 Å². The average molecular weight is 636 g/mol. The van der Waals surface area contributed by atoms with E-state index in [1.165, 1.54) is 12.1 Å². The van der Waals surface area contributed by atoms with Crippen LogP contribution in [0.2, 0.25) is 0 Å². The molecule has 1 aliphatic carbocycles. The number of hydrazine groups is 1. The Labute approximate surface area is 264 Å². The fraction of sp³-hybridized carbons (Fsp3) is 0.412. The molecule has 1 amide bonds. The molecule has 3 aromatic carbocycles. The summed E-state index contributed by atoms with van der Waals surface area (Å²) in [5.41, 5.74) is 4.35. The van der Waals surface area contributed by atoms with Gasteiger partial charge in [0.1, 0.15) is 5.75 Å². The van der Waals surface area contributed by atoms with Crippen LogP contribution in [0.15, 0.2) is 94.8 Å². The van der Waals surface area contributed by atoms with E-state index < -0.39 is 33.0 Å². The molecule has 4 N–H and O–H groups in total. The number of sulfone groups is 1. The van der Waals surface area contributed by atoms with Crippen LogP contribution in [-0.2, 0) is 19.4 Å². The van der Waals surface area contributed by atoms with Crippen LogP contribution in [0, 0.1) is 0 Å². The number of aliphatic imine (C=N–C) groups is 1. The van der Waals surface area contributed by atoms with Gasteiger partial charge in [0, 0.05) is 31.6 Å². The Hall–Kier alpha value is -3.77. The summed E-state index contributed by atoms with van der Waals surface area (Å²) >= 11 is 0. The van der Waals surface area contributed by atoms with Crippen molar-refractivity contribution in [2.75, 3.05) is 25.5 Å². The number of carbonyl (C=O) groups is 1. The standard InChI is InChI=1S/C34H41N3O7S/c38-22-10-23-43-28-17-15-27(16-18-28)31-36-34(30(44-31)26-11-4-1-5-12-26,21-24-45(41,42)29-13-6-2-7-14-29)32(39)37-35-25-33(40)19-8-3-9-20-33/h1-2,4-7,11-18,30,35,38,40H,3,8-10,19-25H2,(H,37,39)/t30-,34-/m0/s1. The average Bonchev–Trinajstić information content (AvgIpc) is 3.46. The number of aliphatic hydroxyl groups excluding tert-OH is 1. The van der Waals surface area contributed by atoms with Crippen LogP contribution >= 0.6 is 0 Å². The van der Waals surface area contributed by atoms with E-state index >= 15 is 0 Å². The molecule has 1 aliphatic heterocycles. The highest BCUT2D eigenvalue weighted by atomic mass is 32.2. The summed E-state index contributed by atoms with van der Waals surface area (Å²) in [4.78, 5) is 19.3. The number of hydrogen-bond acceptors (Lipinski definition) is 9. The Morgan fingerprint density at radius 2 is 1.62 bits per heavy atom. The molecular weight excluding hydrogens is 594 g/mol. The first-order valence-electron chi connectivity index (χ1n) is 15.4. The molecule has 45 heavy (non-hydrogen) atoms. The number of hydrogen-bond donors (Lipinski definition) is 4. The van der Waals surface area contributed by atoms with E-state index in [4.69, 9.17) is 19.6 Å². The van der Waals surface area contributed by atoms with Crippen LogP contribution in [0.3, 0.4) is 0 Å². The first kappa shape index (κ1) is 32.6. The number of nitrogens with zero attached hydrogens (tertiary/aromatic N) is 1. The maximum Gasteiger partial charge on any atom is 0.266 e. The minimum atomic E-state index is -3.77. The van der Waals surface area contributed by atoms with Crippen LogP contribution in [-0.4, -0.2) is 67.1 Å². The Morgan fingerprint density at radius 1 is 0.956 bits per heavy atom. The van der Waals surface area contributed by atoms with Gasteiger partial charge in [0.05, 0.1) is 22.9 Å². The number of ether oxygens (including phenoxy) is 2. The summed E-state index contributed by atoms with van der Waals surface area (Å²) < 4.78 is 39.0. The van der Waals surface area contributed by atoms with Gasteiger partial charge >= 0.3 is 0 Å². The largest absolute Gasteiger partial charge is 0.494 e. The minimum absolute atomic E-state index is 0.0297. The van der Waals surface area contributed by atoms with Gasteiger partial charge in [-0.25, -0.2) is 18.8 Å². The van der Waals surface area contributed by atoms with Crippen molar-refractivity contribution in [3.05, 3.63) is 96.1 Å². The molecule has 240 valence electrons. The second kappa shape index (κ2) is 14.6. The lowest BCUT2D eigenvalue weighted by molar-refractivity contribution is -0.130. The van der Waals surface area contributed by atoms with E-state index in [9.17, 15) is 18.3 Å². The molecule has 10 nitrogen and oxygen atoms in total. The zero-order valence-electron chi connectivity index (χ0n) is 25.2. The quantitative estimate of drug-likeness (QED) is 0.154. The molecule has 2 aliphatic rings. The van der Waals surface area contributed by atoms with Crippen molar-refractivity contribution in [1.82, 2.24) is 10.9 Å². The number of aliphatic hydroxyl groups is 2. The Morgan fingerprint density at radius 3 is 2.29 bits per heavy atom. The van der Waals surface area contributed by atoms with Crippen LogP contribution < -0.4 is 15.6 Å². The number of carbonyl (C=O) groups excluding carboxylic acids is 1. The van der Waals surface area contributed by atoms with E-state index in [0.29, 0.717) is 42.7 Å². The van der Waals surface area contributed by atoms with Crippen molar-refractivity contribution in [1.29, 1.82) is 0 Å². The van der Waals surface area contributed by atoms with Crippen molar-refractivity contribution in [3.8, 4) is 5.75 Å². The lowest BCUT2D eigenvalue weighted by Crippen LogP contribution is -2.56. The lowest BCUT2D eigenvalue weighted by Gasteiger charge is -2.34. The number of rotatable bonds is 14. The normalized spacial score (nSPS) is 21.0. The molecule has 1 heterocycles. The molecule has 3 aromatic rings. The maximum atomic E-state index is 14.3. The zero-order chi connectivity index (χ0) is 31.8. The monoisotopic (exact) mass is 635 g/mol. The van der Waals surface area contributed by atoms with E-state index in [1.807, 2.05) is 30.3 Å². The van der Waals surface area contributed by atoms with Crippen LogP contribution in [0.1, 0.15) is 62.2 Å². The Kier molecular flexibility index (Phi) is 10.5. The van der Waals surface area contributed by atoms with E-state index in [1.54, 1.807) is 42.5 Å². The van der Waals surface area contributed by atoms with Crippen LogP contribution in [0.4, 0.5) is 0 Å². The second-order valence-corrected chi connectivity index (χ2v) is 13.8. The predicted octanol–water partition coefficient (Wildman–Crippen LogP) is 3.88. The third-order valence-corrected chi connectivity index (χ3v) is 10.1. The minimum Gasteiger partial charge on any atom is -0.494 e. The smallest absolute Gasteiger partial charge is 0.266 e. The second-order valence-electron chi connectivity index (χ2n) is 11.7. The first-order valence-corrected chi connectivity index (χ1v) is 17.1. The molecule has 0 saturated heterocycles. The van der Waals surface area contributed by atoms with Gasteiger partial charge in [0.25, 0.3) is 5.91 Å². The highest BCUT2D eigenvalue weighted by Crippen LogP contribution is 2.43. The van der Waals surface area contributed by atoms with Gasteiger partial charge in [0.15, 0.2) is 21.5 Å². The molecule has 0 bridgehead atoms. The molecule has 0 spiro atoms. The van der Waals surface area contributed by atoms with Crippen LogP contribution in [0.5, 0.6) is 5.75 Å². The predicted molar refractivity (Wildman–Crippen MR) is 170 cm³/mol. The molecule has 2 atom stereocenters. The van der Waals surface area contributed by atoms with E-state index in [2.05, 4.69) is 10.9 Å². The molecule has 0 unspecified atom stereocenters. The topological polar surface area (TPSA) is 147 Å². The Balaban J connectivity index is 1.48. The number of nitrogens with one attached hydrogen (secondary N) is 2. The summed E-state index contributed by atoms with van der Waals surface area (Å²) in [5.74, 6) is -0.106. The van der Waals surface area contributed by atoms with Gasteiger partial charge in [-0.3, -0.25) is 10.2 Å².